The molecule has 6 nitrogen and oxygen atoms in total. The third-order valence-electron chi connectivity index (χ3n) is 4.05. The number of hydrogen-bond donors (Lipinski definition) is 0. The highest BCUT2D eigenvalue weighted by molar-refractivity contribution is 6.36. The van der Waals surface area contributed by atoms with Crippen LogP contribution in [-0.2, 0) is 25.5 Å². The first-order valence-electron chi connectivity index (χ1n) is 7.72. The number of rotatable bonds is 6. The van der Waals surface area contributed by atoms with Gasteiger partial charge in [0.2, 0.25) is 11.7 Å². The lowest BCUT2D eigenvalue weighted by molar-refractivity contribution is -0.147. The molecule has 0 spiro atoms. The van der Waals surface area contributed by atoms with Crippen molar-refractivity contribution >= 4 is 17.5 Å². The molecule has 1 fully saturated rings. The van der Waals surface area contributed by atoms with Crippen molar-refractivity contribution in [3.8, 4) is 5.88 Å². The Morgan fingerprint density at radius 2 is 1.87 bits per heavy atom. The van der Waals surface area contributed by atoms with Gasteiger partial charge in [-0.1, -0.05) is 6.07 Å². The number of ketones is 2. The Bertz CT molecular complexity index is 573. The highest BCUT2D eigenvalue weighted by Gasteiger charge is 2.28. The molecule has 23 heavy (non-hydrogen) atoms. The van der Waals surface area contributed by atoms with Crippen LogP contribution in [0.15, 0.2) is 18.3 Å². The molecular weight excluding hydrogens is 298 g/mol. The molecule has 0 atom stereocenters. The maximum atomic E-state index is 11.5. The number of esters is 1. The third kappa shape index (κ3) is 4.87. The number of aromatic nitrogens is 1. The summed E-state index contributed by atoms with van der Waals surface area (Å²) >= 11 is 0. The van der Waals surface area contributed by atoms with E-state index >= 15 is 0 Å². The van der Waals surface area contributed by atoms with E-state index in [4.69, 9.17) is 9.47 Å². The van der Waals surface area contributed by atoms with Crippen LogP contribution in [0.1, 0.15) is 38.2 Å². The van der Waals surface area contributed by atoms with Crippen molar-refractivity contribution in [3.63, 3.8) is 0 Å². The van der Waals surface area contributed by atoms with Crippen molar-refractivity contribution in [2.75, 3.05) is 7.11 Å². The van der Waals surface area contributed by atoms with Crippen LogP contribution in [0.2, 0.25) is 0 Å². The van der Waals surface area contributed by atoms with E-state index in [1.54, 1.807) is 18.3 Å². The number of nitrogens with zero attached hydrogens (tertiary/aromatic N) is 1. The third-order valence-corrected chi connectivity index (χ3v) is 4.05. The highest BCUT2D eigenvalue weighted by atomic mass is 16.5. The monoisotopic (exact) mass is 319 g/mol. The molecule has 0 unspecified atom stereocenters. The van der Waals surface area contributed by atoms with Crippen LogP contribution in [0.4, 0.5) is 0 Å². The minimum atomic E-state index is -0.451. The van der Waals surface area contributed by atoms with E-state index in [0.717, 1.165) is 25.7 Å². The van der Waals surface area contributed by atoms with E-state index in [1.165, 1.54) is 14.0 Å². The normalized spacial score (nSPS) is 20.6. The summed E-state index contributed by atoms with van der Waals surface area (Å²) in [6.07, 6.45) is 4.72. The molecule has 1 saturated carbocycles. The van der Waals surface area contributed by atoms with Crippen molar-refractivity contribution in [2.45, 2.75) is 45.1 Å². The first kappa shape index (κ1) is 17.1. The molecule has 0 aromatic carbocycles. The Hall–Kier alpha value is -2.24. The van der Waals surface area contributed by atoms with Gasteiger partial charge in [0, 0.05) is 25.6 Å². The molecule has 1 aliphatic rings. The van der Waals surface area contributed by atoms with Crippen LogP contribution in [0, 0.1) is 5.92 Å². The first-order chi connectivity index (χ1) is 11.0. The van der Waals surface area contributed by atoms with E-state index in [9.17, 15) is 14.4 Å². The summed E-state index contributed by atoms with van der Waals surface area (Å²) in [6.45, 7) is 1.26. The molecule has 0 radical (unpaired) electrons. The standard InChI is InChI=1S/C17H21NO5/c1-11(19)15(20)9-12-3-8-16(18-10-12)23-14-6-4-13(5-7-14)17(21)22-2/h3,8,10,13-14H,4-7,9H2,1-2H3. The lowest BCUT2D eigenvalue weighted by Crippen LogP contribution is -2.28. The fourth-order valence-electron chi connectivity index (χ4n) is 2.65. The topological polar surface area (TPSA) is 82.6 Å². The van der Waals surface area contributed by atoms with Gasteiger partial charge < -0.3 is 9.47 Å². The maximum absolute atomic E-state index is 11.5. The lowest BCUT2D eigenvalue weighted by Gasteiger charge is -2.27. The number of Topliss-reactive ketones (excluding diaryl/α,β-unsaturated/α-hetero) is 2. The predicted molar refractivity (Wildman–Crippen MR) is 82.0 cm³/mol. The molecule has 6 heteroatoms. The summed E-state index contributed by atoms with van der Waals surface area (Å²) in [7, 11) is 1.41. The van der Waals surface area contributed by atoms with Crippen LogP contribution in [0.5, 0.6) is 5.88 Å². The average Bonchev–Trinajstić information content (AvgIpc) is 2.56. The van der Waals surface area contributed by atoms with Gasteiger partial charge in [-0.2, -0.15) is 0 Å². The summed E-state index contributed by atoms with van der Waals surface area (Å²) in [5.41, 5.74) is 0.687. The van der Waals surface area contributed by atoms with Gasteiger partial charge in [-0.15, -0.1) is 0 Å². The van der Waals surface area contributed by atoms with Gasteiger partial charge >= 0.3 is 5.97 Å². The van der Waals surface area contributed by atoms with Crippen LogP contribution < -0.4 is 4.74 Å². The molecule has 2 rings (SSSR count). The van der Waals surface area contributed by atoms with Crippen LogP contribution >= 0.6 is 0 Å². The molecule has 0 aliphatic heterocycles. The predicted octanol–water partition coefficient (Wildman–Crippen LogP) is 1.89. The van der Waals surface area contributed by atoms with Gasteiger partial charge in [0.1, 0.15) is 6.10 Å². The maximum Gasteiger partial charge on any atom is 0.308 e. The molecule has 0 N–H and O–H groups in total. The van der Waals surface area contributed by atoms with Crippen LogP contribution in [-0.4, -0.2) is 35.7 Å². The highest BCUT2D eigenvalue weighted by Crippen LogP contribution is 2.27. The molecule has 124 valence electrons. The zero-order chi connectivity index (χ0) is 16.8. The molecule has 1 aromatic heterocycles. The molecular formula is C17H21NO5. The van der Waals surface area contributed by atoms with Crippen molar-refractivity contribution < 1.29 is 23.9 Å². The van der Waals surface area contributed by atoms with E-state index in [2.05, 4.69) is 4.98 Å². The Labute approximate surface area is 135 Å². The van der Waals surface area contributed by atoms with Gasteiger partial charge in [-0.25, -0.2) is 4.98 Å². The number of hydrogen-bond acceptors (Lipinski definition) is 6. The minimum Gasteiger partial charge on any atom is -0.474 e. The number of pyridine rings is 1. The second-order valence-corrected chi connectivity index (χ2v) is 5.78. The fraction of sp³-hybridized carbons (Fsp3) is 0.529. The second-order valence-electron chi connectivity index (χ2n) is 5.78. The number of carbonyl (C=O) groups is 3. The smallest absolute Gasteiger partial charge is 0.308 e. The minimum absolute atomic E-state index is 0.0345. The summed E-state index contributed by atoms with van der Waals surface area (Å²) in [6, 6.07) is 3.44. The first-order valence-corrected chi connectivity index (χ1v) is 7.72. The van der Waals surface area contributed by atoms with Crippen molar-refractivity contribution in [3.05, 3.63) is 23.9 Å². The largest absolute Gasteiger partial charge is 0.474 e. The number of methoxy groups -OCH3 is 1. The van der Waals surface area contributed by atoms with E-state index in [-0.39, 0.29) is 24.4 Å². The van der Waals surface area contributed by atoms with Gasteiger partial charge in [0.05, 0.1) is 13.0 Å². The van der Waals surface area contributed by atoms with E-state index in [1.807, 2.05) is 0 Å². The molecule has 1 aromatic rings. The SMILES string of the molecule is COC(=O)C1CCC(Oc2ccc(CC(=O)C(C)=O)cn2)CC1. The Balaban J connectivity index is 1.84. The Kier molecular flexibility index (Phi) is 5.84. The molecule has 0 amide bonds. The summed E-state index contributed by atoms with van der Waals surface area (Å²) in [4.78, 5) is 38.0. The summed E-state index contributed by atoms with van der Waals surface area (Å²) in [5.74, 6) is -0.575. The quantitative estimate of drug-likeness (QED) is 0.588. The zero-order valence-corrected chi connectivity index (χ0v) is 13.4. The molecule has 1 heterocycles. The Morgan fingerprint density at radius 1 is 1.17 bits per heavy atom. The second kappa shape index (κ2) is 7.85. The lowest BCUT2D eigenvalue weighted by atomic mass is 9.87. The van der Waals surface area contributed by atoms with Crippen molar-refractivity contribution in [1.82, 2.24) is 4.98 Å². The molecule has 0 bridgehead atoms. The molecule has 1 aliphatic carbocycles. The van der Waals surface area contributed by atoms with Crippen molar-refractivity contribution in [1.29, 1.82) is 0 Å². The Morgan fingerprint density at radius 3 is 2.39 bits per heavy atom. The summed E-state index contributed by atoms with van der Waals surface area (Å²) < 4.78 is 10.6. The van der Waals surface area contributed by atoms with Gasteiger partial charge in [0.15, 0.2) is 5.78 Å². The average molecular weight is 319 g/mol. The fourth-order valence-corrected chi connectivity index (χ4v) is 2.65. The van der Waals surface area contributed by atoms with E-state index in [0.29, 0.717) is 11.4 Å². The molecule has 0 saturated heterocycles. The number of carbonyl (C=O) groups excluding carboxylic acids is 3. The van der Waals surface area contributed by atoms with Gasteiger partial charge in [-0.05, 0) is 31.2 Å². The summed E-state index contributed by atoms with van der Waals surface area (Å²) in [5, 5.41) is 0. The van der Waals surface area contributed by atoms with Crippen molar-refractivity contribution in [2.24, 2.45) is 5.92 Å². The van der Waals surface area contributed by atoms with Gasteiger partial charge in [0.25, 0.3) is 0 Å². The van der Waals surface area contributed by atoms with Crippen LogP contribution in [0.25, 0.3) is 0 Å². The zero-order valence-electron chi connectivity index (χ0n) is 13.4. The number of ether oxygens (including phenoxy) is 2. The van der Waals surface area contributed by atoms with Gasteiger partial charge in [-0.3, -0.25) is 14.4 Å². The van der Waals surface area contributed by atoms with Crippen LogP contribution in [0.3, 0.4) is 0 Å². The van der Waals surface area contributed by atoms with E-state index < -0.39 is 11.6 Å².